The number of hydrogen-bond acceptors (Lipinski definition) is 2. The van der Waals surface area contributed by atoms with Gasteiger partial charge in [0.2, 0.25) is 0 Å². The van der Waals surface area contributed by atoms with Crippen LogP contribution in [0.25, 0.3) is 0 Å². The van der Waals surface area contributed by atoms with Gasteiger partial charge >= 0.3 is 0 Å². The summed E-state index contributed by atoms with van der Waals surface area (Å²) in [4.78, 5) is 2.43. The zero-order valence-electron chi connectivity index (χ0n) is 13.7. The zero-order valence-corrected chi connectivity index (χ0v) is 14.5. The van der Waals surface area contributed by atoms with Crippen molar-refractivity contribution in [2.24, 2.45) is 5.41 Å². The fourth-order valence-corrected chi connectivity index (χ4v) is 2.67. The van der Waals surface area contributed by atoms with Crippen molar-refractivity contribution >= 4 is 11.6 Å². The molecule has 114 valence electrons. The third kappa shape index (κ3) is 4.76. The molecular formula is C17H29ClN2. The van der Waals surface area contributed by atoms with Crippen LogP contribution in [0.15, 0.2) is 24.3 Å². The topological polar surface area (TPSA) is 15.3 Å². The molecule has 3 heteroatoms. The highest BCUT2D eigenvalue weighted by molar-refractivity contribution is 6.31. The lowest BCUT2D eigenvalue weighted by Gasteiger charge is -2.36. The SMILES string of the molecule is CNC(CCN(C)C(C)C(C)(C)C)c1ccccc1Cl. The Morgan fingerprint density at radius 3 is 2.35 bits per heavy atom. The Morgan fingerprint density at radius 2 is 1.85 bits per heavy atom. The van der Waals surface area contributed by atoms with E-state index in [2.05, 4.69) is 51.0 Å². The predicted molar refractivity (Wildman–Crippen MR) is 89.4 cm³/mol. The maximum Gasteiger partial charge on any atom is 0.0453 e. The molecule has 0 aromatic heterocycles. The van der Waals surface area contributed by atoms with Crippen LogP contribution in [-0.4, -0.2) is 31.6 Å². The summed E-state index contributed by atoms with van der Waals surface area (Å²) in [5, 5.41) is 4.23. The summed E-state index contributed by atoms with van der Waals surface area (Å²) in [6, 6.07) is 8.95. The number of nitrogens with zero attached hydrogens (tertiary/aromatic N) is 1. The van der Waals surface area contributed by atoms with Gasteiger partial charge in [0, 0.05) is 17.1 Å². The molecule has 0 heterocycles. The van der Waals surface area contributed by atoms with Crippen molar-refractivity contribution in [3.8, 4) is 0 Å². The van der Waals surface area contributed by atoms with Crippen LogP contribution in [0.3, 0.4) is 0 Å². The third-order valence-electron chi connectivity index (χ3n) is 4.31. The maximum absolute atomic E-state index is 6.29. The first kappa shape index (κ1) is 17.5. The average molecular weight is 297 g/mol. The Kier molecular flexibility index (Phi) is 6.50. The fourth-order valence-electron chi connectivity index (χ4n) is 2.40. The molecule has 0 aliphatic carbocycles. The van der Waals surface area contributed by atoms with E-state index in [-0.39, 0.29) is 0 Å². The Hall–Kier alpha value is -0.570. The van der Waals surface area contributed by atoms with Gasteiger partial charge in [-0.1, -0.05) is 50.6 Å². The van der Waals surface area contributed by atoms with Crippen LogP contribution in [0.4, 0.5) is 0 Å². The smallest absolute Gasteiger partial charge is 0.0453 e. The molecule has 1 rings (SSSR count). The molecule has 0 amide bonds. The van der Waals surface area contributed by atoms with Crippen LogP contribution in [0.1, 0.15) is 45.7 Å². The van der Waals surface area contributed by atoms with Gasteiger partial charge in [-0.2, -0.15) is 0 Å². The highest BCUT2D eigenvalue weighted by Gasteiger charge is 2.24. The predicted octanol–water partition coefficient (Wildman–Crippen LogP) is 4.36. The van der Waals surface area contributed by atoms with Crippen molar-refractivity contribution in [3.63, 3.8) is 0 Å². The summed E-state index contributed by atoms with van der Waals surface area (Å²) < 4.78 is 0. The van der Waals surface area contributed by atoms with Gasteiger partial charge < -0.3 is 10.2 Å². The van der Waals surface area contributed by atoms with Crippen molar-refractivity contribution < 1.29 is 0 Å². The van der Waals surface area contributed by atoms with E-state index in [1.165, 1.54) is 5.56 Å². The van der Waals surface area contributed by atoms with Gasteiger partial charge in [0.25, 0.3) is 0 Å². The van der Waals surface area contributed by atoms with Gasteiger partial charge in [0.05, 0.1) is 0 Å². The molecule has 0 saturated heterocycles. The van der Waals surface area contributed by atoms with Crippen molar-refractivity contribution in [1.29, 1.82) is 0 Å². The number of benzene rings is 1. The lowest BCUT2D eigenvalue weighted by molar-refractivity contribution is 0.136. The van der Waals surface area contributed by atoms with Crippen LogP contribution in [-0.2, 0) is 0 Å². The minimum atomic E-state index is 0.300. The number of nitrogens with one attached hydrogen (secondary N) is 1. The largest absolute Gasteiger partial charge is 0.313 e. The first-order chi connectivity index (χ1) is 9.27. The highest BCUT2D eigenvalue weighted by atomic mass is 35.5. The van der Waals surface area contributed by atoms with E-state index >= 15 is 0 Å². The molecule has 2 unspecified atom stereocenters. The standard InChI is InChI=1S/C17H29ClN2/c1-13(17(2,3)4)20(6)12-11-16(19-5)14-9-7-8-10-15(14)18/h7-10,13,16,19H,11-12H2,1-6H3. The molecule has 2 nitrogen and oxygen atoms in total. The second kappa shape index (κ2) is 7.44. The van der Waals surface area contributed by atoms with Crippen molar-refractivity contribution in [3.05, 3.63) is 34.9 Å². The number of hydrogen-bond donors (Lipinski definition) is 1. The van der Waals surface area contributed by atoms with E-state index in [0.717, 1.165) is 18.0 Å². The Balaban J connectivity index is 2.65. The first-order valence-corrected chi connectivity index (χ1v) is 7.77. The molecule has 0 fully saturated rings. The van der Waals surface area contributed by atoms with Crippen molar-refractivity contribution in [2.75, 3.05) is 20.6 Å². The van der Waals surface area contributed by atoms with Gasteiger partial charge in [-0.25, -0.2) is 0 Å². The lowest BCUT2D eigenvalue weighted by atomic mass is 9.87. The van der Waals surface area contributed by atoms with Crippen LogP contribution < -0.4 is 5.32 Å². The quantitative estimate of drug-likeness (QED) is 0.839. The molecule has 2 atom stereocenters. The summed E-state index contributed by atoms with van der Waals surface area (Å²) in [6.45, 7) is 10.2. The third-order valence-corrected chi connectivity index (χ3v) is 4.66. The molecular weight excluding hydrogens is 268 g/mol. The summed E-state index contributed by atoms with van der Waals surface area (Å²) >= 11 is 6.29. The summed E-state index contributed by atoms with van der Waals surface area (Å²) in [5.41, 5.74) is 1.49. The van der Waals surface area contributed by atoms with Crippen molar-refractivity contribution in [1.82, 2.24) is 10.2 Å². The summed E-state index contributed by atoms with van der Waals surface area (Å²) in [5.74, 6) is 0. The van der Waals surface area contributed by atoms with Gasteiger partial charge in [-0.05, 0) is 51.0 Å². The molecule has 0 radical (unpaired) electrons. The van der Waals surface area contributed by atoms with Gasteiger partial charge in [0.15, 0.2) is 0 Å². The van der Waals surface area contributed by atoms with E-state index in [0.29, 0.717) is 17.5 Å². The zero-order chi connectivity index (χ0) is 15.3. The monoisotopic (exact) mass is 296 g/mol. The Bertz CT molecular complexity index is 412. The molecule has 1 aromatic rings. The molecule has 0 aliphatic heterocycles. The maximum atomic E-state index is 6.29. The molecule has 1 N–H and O–H groups in total. The second-order valence-corrected chi connectivity index (χ2v) is 7.08. The lowest BCUT2D eigenvalue weighted by Crippen LogP contribution is -2.40. The average Bonchev–Trinajstić information content (AvgIpc) is 2.39. The molecule has 0 bridgehead atoms. The van der Waals surface area contributed by atoms with Crippen LogP contribution in [0.2, 0.25) is 5.02 Å². The minimum absolute atomic E-state index is 0.300. The van der Waals surface area contributed by atoms with Gasteiger partial charge in [-0.15, -0.1) is 0 Å². The minimum Gasteiger partial charge on any atom is -0.313 e. The number of rotatable bonds is 6. The fraction of sp³-hybridized carbons (Fsp3) is 0.647. The van der Waals surface area contributed by atoms with Gasteiger partial charge in [0.1, 0.15) is 0 Å². The van der Waals surface area contributed by atoms with E-state index < -0.39 is 0 Å². The van der Waals surface area contributed by atoms with Crippen LogP contribution in [0, 0.1) is 5.41 Å². The first-order valence-electron chi connectivity index (χ1n) is 7.39. The molecule has 0 aliphatic rings. The van der Waals surface area contributed by atoms with Crippen LogP contribution in [0.5, 0.6) is 0 Å². The van der Waals surface area contributed by atoms with E-state index in [4.69, 9.17) is 11.6 Å². The molecule has 0 saturated carbocycles. The Labute approximate surface area is 129 Å². The van der Waals surface area contributed by atoms with Gasteiger partial charge in [-0.3, -0.25) is 0 Å². The summed E-state index contributed by atoms with van der Waals surface area (Å²) in [6.07, 6.45) is 1.05. The van der Waals surface area contributed by atoms with Crippen molar-refractivity contribution in [2.45, 2.75) is 46.2 Å². The second-order valence-electron chi connectivity index (χ2n) is 6.67. The van der Waals surface area contributed by atoms with E-state index in [9.17, 15) is 0 Å². The summed E-state index contributed by atoms with van der Waals surface area (Å²) in [7, 11) is 4.20. The van der Waals surface area contributed by atoms with E-state index in [1.807, 2.05) is 25.2 Å². The highest BCUT2D eigenvalue weighted by Crippen LogP contribution is 2.27. The molecule has 1 aromatic carbocycles. The molecule has 20 heavy (non-hydrogen) atoms. The molecule has 0 spiro atoms. The van der Waals surface area contributed by atoms with Crippen LogP contribution >= 0.6 is 11.6 Å². The number of halogens is 1. The van der Waals surface area contributed by atoms with E-state index in [1.54, 1.807) is 0 Å². The normalized spacial score (nSPS) is 15.4. The Morgan fingerprint density at radius 1 is 1.25 bits per heavy atom.